The van der Waals surface area contributed by atoms with Crippen molar-refractivity contribution in [2.24, 2.45) is 0 Å². The van der Waals surface area contributed by atoms with E-state index in [1.54, 1.807) is 56.8 Å². The fourth-order valence-electron chi connectivity index (χ4n) is 3.15. The average Bonchev–Trinajstić information content (AvgIpc) is 3.29. The zero-order valence-electron chi connectivity index (χ0n) is 16.9. The zero-order valence-corrected chi connectivity index (χ0v) is 18.5. The second-order valence-corrected chi connectivity index (χ2v) is 7.53. The number of hydrogen-bond acceptors (Lipinski definition) is 5. The highest BCUT2D eigenvalue weighted by Gasteiger charge is 2.18. The molecule has 0 radical (unpaired) electrons. The van der Waals surface area contributed by atoms with E-state index in [0.717, 1.165) is 10.0 Å². The Kier molecular flexibility index (Phi) is 6.04. The first-order valence-electron chi connectivity index (χ1n) is 9.43. The molecule has 3 aromatic carbocycles. The summed E-state index contributed by atoms with van der Waals surface area (Å²) >= 11 is 3.46. The molecule has 1 N–H and O–H groups in total. The van der Waals surface area contributed by atoms with Crippen molar-refractivity contribution in [2.75, 3.05) is 19.5 Å². The van der Waals surface area contributed by atoms with E-state index >= 15 is 0 Å². The van der Waals surface area contributed by atoms with Crippen molar-refractivity contribution in [3.63, 3.8) is 0 Å². The lowest BCUT2D eigenvalue weighted by molar-refractivity contribution is 0.102. The number of methoxy groups -OCH3 is 2. The SMILES string of the molecule is COc1ccc(NC(=O)c2ccccc2-c2ncc(-c3cccc(Br)c3)o2)cc1OC. The van der Waals surface area contributed by atoms with Crippen molar-refractivity contribution >= 4 is 27.5 Å². The Morgan fingerprint density at radius 3 is 2.55 bits per heavy atom. The van der Waals surface area contributed by atoms with Gasteiger partial charge in [-0.1, -0.05) is 40.2 Å². The van der Waals surface area contributed by atoms with Gasteiger partial charge in [-0.25, -0.2) is 4.98 Å². The highest BCUT2D eigenvalue weighted by atomic mass is 79.9. The number of carbonyl (C=O) groups is 1. The first-order chi connectivity index (χ1) is 15.1. The molecule has 0 aliphatic carbocycles. The van der Waals surface area contributed by atoms with Gasteiger partial charge in [-0.2, -0.15) is 0 Å². The van der Waals surface area contributed by atoms with Crippen LogP contribution >= 0.6 is 15.9 Å². The lowest BCUT2D eigenvalue weighted by Gasteiger charge is -2.11. The first kappa shape index (κ1) is 20.7. The van der Waals surface area contributed by atoms with Crippen molar-refractivity contribution < 1.29 is 18.7 Å². The minimum Gasteiger partial charge on any atom is -0.493 e. The Morgan fingerprint density at radius 1 is 0.968 bits per heavy atom. The first-order valence-corrected chi connectivity index (χ1v) is 10.2. The molecule has 0 saturated carbocycles. The summed E-state index contributed by atoms with van der Waals surface area (Å²) in [6.07, 6.45) is 1.65. The molecule has 1 amide bonds. The molecule has 7 heteroatoms. The molecule has 31 heavy (non-hydrogen) atoms. The summed E-state index contributed by atoms with van der Waals surface area (Å²) in [7, 11) is 3.11. The van der Waals surface area contributed by atoms with Crippen LogP contribution in [0.5, 0.6) is 11.5 Å². The third kappa shape index (κ3) is 4.46. The minimum atomic E-state index is -0.287. The number of ether oxygens (including phenoxy) is 2. The summed E-state index contributed by atoms with van der Waals surface area (Å²) in [6.45, 7) is 0. The Balaban J connectivity index is 1.63. The molecule has 6 nitrogen and oxygen atoms in total. The number of benzene rings is 3. The molecule has 1 heterocycles. The maximum atomic E-state index is 13.0. The fraction of sp³-hybridized carbons (Fsp3) is 0.0833. The number of rotatable bonds is 6. The van der Waals surface area contributed by atoms with Crippen LogP contribution in [0.1, 0.15) is 10.4 Å². The van der Waals surface area contributed by atoms with Gasteiger partial charge >= 0.3 is 0 Å². The summed E-state index contributed by atoms with van der Waals surface area (Å²) in [6, 6.07) is 20.1. The summed E-state index contributed by atoms with van der Waals surface area (Å²) in [5, 5.41) is 2.89. The second-order valence-electron chi connectivity index (χ2n) is 6.61. The van der Waals surface area contributed by atoms with E-state index in [4.69, 9.17) is 13.9 Å². The average molecular weight is 479 g/mol. The number of nitrogens with one attached hydrogen (secondary N) is 1. The van der Waals surface area contributed by atoms with Gasteiger partial charge in [-0.05, 0) is 36.4 Å². The van der Waals surface area contributed by atoms with Crippen LogP contribution in [0.3, 0.4) is 0 Å². The van der Waals surface area contributed by atoms with E-state index in [0.29, 0.717) is 40.0 Å². The van der Waals surface area contributed by atoms with Crippen LogP contribution in [0.25, 0.3) is 22.8 Å². The largest absolute Gasteiger partial charge is 0.493 e. The molecule has 4 aromatic rings. The molecule has 0 saturated heterocycles. The van der Waals surface area contributed by atoms with Crippen molar-refractivity contribution in [3.05, 3.63) is 83.0 Å². The van der Waals surface area contributed by atoms with E-state index in [1.807, 2.05) is 30.3 Å². The monoisotopic (exact) mass is 478 g/mol. The van der Waals surface area contributed by atoms with Crippen LogP contribution in [-0.2, 0) is 0 Å². The number of aromatic nitrogens is 1. The summed E-state index contributed by atoms with van der Waals surface area (Å²) < 4.78 is 17.5. The molecule has 0 aliphatic rings. The molecule has 0 atom stereocenters. The third-order valence-electron chi connectivity index (χ3n) is 4.66. The predicted molar refractivity (Wildman–Crippen MR) is 123 cm³/mol. The van der Waals surface area contributed by atoms with Gasteiger partial charge in [0.1, 0.15) is 0 Å². The molecular formula is C24H19BrN2O4. The topological polar surface area (TPSA) is 73.6 Å². The number of amides is 1. The lowest BCUT2D eigenvalue weighted by atomic mass is 10.1. The van der Waals surface area contributed by atoms with Crippen molar-refractivity contribution in [2.45, 2.75) is 0 Å². The minimum absolute atomic E-state index is 0.287. The van der Waals surface area contributed by atoms with Crippen LogP contribution in [0.4, 0.5) is 5.69 Å². The Bertz CT molecular complexity index is 1240. The normalized spacial score (nSPS) is 10.5. The Morgan fingerprint density at radius 2 is 1.77 bits per heavy atom. The van der Waals surface area contributed by atoms with Gasteiger partial charge in [0, 0.05) is 27.4 Å². The third-order valence-corrected chi connectivity index (χ3v) is 5.15. The molecule has 156 valence electrons. The lowest BCUT2D eigenvalue weighted by Crippen LogP contribution is -2.13. The highest BCUT2D eigenvalue weighted by molar-refractivity contribution is 9.10. The Hall–Kier alpha value is -3.58. The van der Waals surface area contributed by atoms with Gasteiger partial charge in [0.05, 0.1) is 26.0 Å². The number of nitrogens with zero attached hydrogens (tertiary/aromatic N) is 1. The van der Waals surface area contributed by atoms with Crippen molar-refractivity contribution in [1.29, 1.82) is 0 Å². The molecule has 0 aliphatic heterocycles. The van der Waals surface area contributed by atoms with Gasteiger partial charge in [-0.3, -0.25) is 4.79 Å². The Labute approximate surface area is 188 Å². The maximum Gasteiger partial charge on any atom is 0.256 e. The molecule has 1 aromatic heterocycles. The van der Waals surface area contributed by atoms with Gasteiger partial charge in [0.15, 0.2) is 17.3 Å². The van der Waals surface area contributed by atoms with Gasteiger partial charge in [-0.15, -0.1) is 0 Å². The molecule has 0 fully saturated rings. The molecule has 0 spiro atoms. The van der Waals surface area contributed by atoms with Crippen molar-refractivity contribution in [3.8, 4) is 34.3 Å². The van der Waals surface area contributed by atoms with Crippen LogP contribution < -0.4 is 14.8 Å². The van der Waals surface area contributed by atoms with E-state index in [1.165, 1.54) is 0 Å². The number of halogens is 1. The molecule has 0 unspecified atom stereocenters. The van der Waals surface area contributed by atoms with Crippen molar-refractivity contribution in [1.82, 2.24) is 4.98 Å². The van der Waals surface area contributed by atoms with E-state index in [2.05, 4.69) is 26.2 Å². The quantitative estimate of drug-likeness (QED) is 0.365. The van der Waals surface area contributed by atoms with Gasteiger partial charge in [0.25, 0.3) is 5.91 Å². The van der Waals surface area contributed by atoms with Crippen LogP contribution in [0.2, 0.25) is 0 Å². The summed E-state index contributed by atoms with van der Waals surface area (Å²) in [5.74, 6) is 1.81. The number of hydrogen-bond donors (Lipinski definition) is 1. The second kappa shape index (κ2) is 9.06. The zero-order chi connectivity index (χ0) is 21.8. The number of anilines is 1. The van der Waals surface area contributed by atoms with Gasteiger partial charge in [0.2, 0.25) is 5.89 Å². The fourth-order valence-corrected chi connectivity index (χ4v) is 3.55. The molecule has 0 bridgehead atoms. The molecular weight excluding hydrogens is 460 g/mol. The number of carbonyl (C=O) groups excluding carboxylic acids is 1. The maximum absolute atomic E-state index is 13.0. The molecule has 4 rings (SSSR count). The van der Waals surface area contributed by atoms with E-state index < -0.39 is 0 Å². The van der Waals surface area contributed by atoms with Crippen LogP contribution in [-0.4, -0.2) is 25.1 Å². The van der Waals surface area contributed by atoms with Crippen LogP contribution in [0, 0.1) is 0 Å². The number of oxazole rings is 1. The predicted octanol–water partition coefficient (Wildman–Crippen LogP) is 6.04. The van der Waals surface area contributed by atoms with E-state index in [9.17, 15) is 4.79 Å². The highest BCUT2D eigenvalue weighted by Crippen LogP contribution is 2.32. The smallest absolute Gasteiger partial charge is 0.256 e. The van der Waals surface area contributed by atoms with Gasteiger partial charge < -0.3 is 19.2 Å². The van der Waals surface area contributed by atoms with E-state index in [-0.39, 0.29) is 5.91 Å². The standard InChI is InChI=1S/C24H19BrN2O4/c1-29-20-11-10-17(13-21(20)30-2)27-23(28)18-8-3-4-9-19(18)24-26-14-22(31-24)15-6-5-7-16(25)12-15/h3-14H,1-2H3,(H,27,28). The summed E-state index contributed by atoms with van der Waals surface area (Å²) in [4.78, 5) is 17.4. The van der Waals surface area contributed by atoms with Crippen LogP contribution in [0.15, 0.2) is 81.8 Å². The summed E-state index contributed by atoms with van der Waals surface area (Å²) in [5.41, 5.74) is 2.52.